The summed E-state index contributed by atoms with van der Waals surface area (Å²) in [5.74, 6) is -2.65. The topological polar surface area (TPSA) is 79.3 Å². The summed E-state index contributed by atoms with van der Waals surface area (Å²) in [5.41, 5.74) is 0.890. The fourth-order valence-corrected chi connectivity index (χ4v) is 1.19. The summed E-state index contributed by atoms with van der Waals surface area (Å²) in [4.78, 5) is 25.9. The number of amides is 1. The summed E-state index contributed by atoms with van der Waals surface area (Å²) in [6, 6.07) is 3.32. The van der Waals surface area contributed by atoms with Crippen molar-refractivity contribution in [2.45, 2.75) is 19.9 Å². The van der Waals surface area contributed by atoms with E-state index in [1.165, 1.54) is 6.92 Å². The Morgan fingerprint density at radius 2 is 1.88 bits per heavy atom. The largest absolute Gasteiger partial charge is 0.481 e. The third-order valence-electron chi connectivity index (χ3n) is 2.33. The fraction of sp³-hybridized carbons (Fsp3) is 0.364. The summed E-state index contributed by atoms with van der Waals surface area (Å²) < 4.78 is 0. The zero-order chi connectivity index (χ0) is 12.1. The molecule has 1 rings (SSSR count). The smallest absolute Gasteiger partial charge is 0.315 e. The molecule has 1 amide bonds. The van der Waals surface area contributed by atoms with Crippen LogP contribution in [0, 0.1) is 5.92 Å². The van der Waals surface area contributed by atoms with Gasteiger partial charge in [-0.3, -0.25) is 14.6 Å². The molecule has 5 heteroatoms. The molecule has 2 atom stereocenters. The Bertz CT molecular complexity index is 378. The number of pyridine rings is 1. The first-order chi connectivity index (χ1) is 7.52. The standard InChI is InChI=1S/C11H14N2O3/c1-7(11(15)16)10(14)13-8(2)9-3-5-12-6-4-9/h3-8H,1-2H3,(H,13,14)(H,15,16). The van der Waals surface area contributed by atoms with Crippen molar-refractivity contribution in [3.63, 3.8) is 0 Å². The van der Waals surface area contributed by atoms with E-state index in [9.17, 15) is 9.59 Å². The zero-order valence-electron chi connectivity index (χ0n) is 9.18. The van der Waals surface area contributed by atoms with E-state index in [0.717, 1.165) is 5.56 Å². The number of nitrogens with one attached hydrogen (secondary N) is 1. The van der Waals surface area contributed by atoms with Crippen LogP contribution in [0.3, 0.4) is 0 Å². The molecule has 0 aromatic carbocycles. The molecule has 0 saturated carbocycles. The number of aromatic nitrogens is 1. The lowest BCUT2D eigenvalue weighted by molar-refractivity contribution is -0.146. The first kappa shape index (κ1) is 12.2. The van der Waals surface area contributed by atoms with E-state index in [1.807, 2.05) is 0 Å². The van der Waals surface area contributed by atoms with E-state index in [0.29, 0.717) is 0 Å². The molecule has 1 aromatic heterocycles. The number of carboxylic acids is 1. The van der Waals surface area contributed by atoms with Crippen LogP contribution in [0.2, 0.25) is 0 Å². The van der Waals surface area contributed by atoms with Crippen molar-refractivity contribution < 1.29 is 14.7 Å². The van der Waals surface area contributed by atoms with E-state index < -0.39 is 17.8 Å². The zero-order valence-corrected chi connectivity index (χ0v) is 9.18. The normalized spacial score (nSPS) is 13.9. The minimum Gasteiger partial charge on any atom is -0.481 e. The van der Waals surface area contributed by atoms with Crippen molar-refractivity contribution in [3.8, 4) is 0 Å². The molecule has 1 aromatic rings. The second-order valence-corrected chi connectivity index (χ2v) is 3.57. The number of hydrogen-bond acceptors (Lipinski definition) is 3. The molecule has 0 aliphatic carbocycles. The van der Waals surface area contributed by atoms with Crippen LogP contribution in [-0.4, -0.2) is 22.0 Å². The van der Waals surface area contributed by atoms with Crippen LogP contribution in [0.25, 0.3) is 0 Å². The highest BCUT2D eigenvalue weighted by Gasteiger charge is 2.21. The number of aliphatic carboxylic acids is 1. The van der Waals surface area contributed by atoms with Gasteiger partial charge in [-0.2, -0.15) is 0 Å². The van der Waals surface area contributed by atoms with E-state index in [2.05, 4.69) is 10.3 Å². The van der Waals surface area contributed by atoms with Gasteiger partial charge >= 0.3 is 5.97 Å². The molecular formula is C11H14N2O3. The maximum absolute atomic E-state index is 11.5. The second kappa shape index (κ2) is 5.25. The lowest BCUT2D eigenvalue weighted by atomic mass is 10.1. The highest BCUT2D eigenvalue weighted by molar-refractivity contribution is 5.96. The molecule has 0 spiro atoms. The molecule has 16 heavy (non-hydrogen) atoms. The third-order valence-corrected chi connectivity index (χ3v) is 2.33. The highest BCUT2D eigenvalue weighted by atomic mass is 16.4. The Kier molecular flexibility index (Phi) is 3.99. The first-order valence-corrected chi connectivity index (χ1v) is 4.95. The quantitative estimate of drug-likeness (QED) is 0.744. The van der Waals surface area contributed by atoms with Crippen LogP contribution in [0.4, 0.5) is 0 Å². The molecule has 1 heterocycles. The molecule has 86 valence electrons. The van der Waals surface area contributed by atoms with Gasteiger partial charge in [0.25, 0.3) is 0 Å². The molecule has 2 N–H and O–H groups in total. The Morgan fingerprint density at radius 3 is 2.38 bits per heavy atom. The average Bonchev–Trinajstić information content (AvgIpc) is 2.28. The van der Waals surface area contributed by atoms with Crippen LogP contribution in [-0.2, 0) is 9.59 Å². The van der Waals surface area contributed by atoms with Gasteiger partial charge in [-0.1, -0.05) is 0 Å². The molecule has 0 bridgehead atoms. The number of rotatable bonds is 4. The monoisotopic (exact) mass is 222 g/mol. The molecule has 0 aliphatic heterocycles. The SMILES string of the molecule is CC(C(=O)O)C(=O)NC(C)c1ccncc1. The Balaban J connectivity index is 2.62. The van der Waals surface area contributed by atoms with Crippen LogP contribution in [0.5, 0.6) is 0 Å². The number of hydrogen-bond donors (Lipinski definition) is 2. The third kappa shape index (κ3) is 3.05. The molecule has 5 nitrogen and oxygen atoms in total. The van der Waals surface area contributed by atoms with Gasteiger partial charge in [0, 0.05) is 12.4 Å². The van der Waals surface area contributed by atoms with Crippen LogP contribution in [0.15, 0.2) is 24.5 Å². The predicted octanol–water partition coefficient (Wildman–Crippen LogP) is 0.979. The van der Waals surface area contributed by atoms with Crippen molar-refractivity contribution >= 4 is 11.9 Å². The number of carbonyl (C=O) groups excluding carboxylic acids is 1. The van der Waals surface area contributed by atoms with Gasteiger partial charge in [-0.25, -0.2) is 0 Å². The summed E-state index contributed by atoms with van der Waals surface area (Å²) >= 11 is 0. The molecule has 2 unspecified atom stereocenters. The molecular weight excluding hydrogens is 208 g/mol. The van der Waals surface area contributed by atoms with Crippen molar-refractivity contribution in [1.82, 2.24) is 10.3 Å². The van der Waals surface area contributed by atoms with Gasteiger partial charge < -0.3 is 10.4 Å². The average molecular weight is 222 g/mol. The minimum atomic E-state index is -1.13. The van der Waals surface area contributed by atoms with Crippen LogP contribution in [0.1, 0.15) is 25.5 Å². The highest BCUT2D eigenvalue weighted by Crippen LogP contribution is 2.11. The van der Waals surface area contributed by atoms with Gasteiger partial charge in [0.2, 0.25) is 5.91 Å². The fourth-order valence-electron chi connectivity index (χ4n) is 1.19. The van der Waals surface area contributed by atoms with Gasteiger partial charge in [-0.05, 0) is 31.5 Å². The van der Waals surface area contributed by atoms with E-state index in [4.69, 9.17) is 5.11 Å². The summed E-state index contributed by atoms with van der Waals surface area (Å²) in [6.45, 7) is 3.15. The van der Waals surface area contributed by atoms with Crippen molar-refractivity contribution in [2.24, 2.45) is 5.92 Å². The Morgan fingerprint density at radius 1 is 1.31 bits per heavy atom. The van der Waals surface area contributed by atoms with E-state index in [-0.39, 0.29) is 6.04 Å². The Hall–Kier alpha value is -1.91. The molecule has 0 fully saturated rings. The van der Waals surface area contributed by atoms with Gasteiger partial charge in [-0.15, -0.1) is 0 Å². The molecule has 0 radical (unpaired) electrons. The predicted molar refractivity (Wildman–Crippen MR) is 57.6 cm³/mol. The number of nitrogens with zero attached hydrogens (tertiary/aromatic N) is 1. The van der Waals surface area contributed by atoms with Crippen molar-refractivity contribution in [3.05, 3.63) is 30.1 Å². The summed E-state index contributed by atoms with van der Waals surface area (Å²) in [5, 5.41) is 11.3. The summed E-state index contributed by atoms with van der Waals surface area (Å²) in [7, 11) is 0. The lowest BCUT2D eigenvalue weighted by Gasteiger charge is -2.15. The molecule has 0 saturated heterocycles. The van der Waals surface area contributed by atoms with Gasteiger partial charge in [0.05, 0.1) is 6.04 Å². The van der Waals surface area contributed by atoms with Gasteiger partial charge in [0.15, 0.2) is 0 Å². The van der Waals surface area contributed by atoms with E-state index in [1.54, 1.807) is 31.5 Å². The van der Waals surface area contributed by atoms with Gasteiger partial charge in [0.1, 0.15) is 5.92 Å². The minimum absolute atomic E-state index is 0.225. The second-order valence-electron chi connectivity index (χ2n) is 3.57. The van der Waals surface area contributed by atoms with Crippen LogP contribution >= 0.6 is 0 Å². The van der Waals surface area contributed by atoms with Crippen molar-refractivity contribution in [2.75, 3.05) is 0 Å². The van der Waals surface area contributed by atoms with Crippen molar-refractivity contribution in [1.29, 1.82) is 0 Å². The molecule has 0 aliphatic rings. The summed E-state index contributed by atoms with van der Waals surface area (Å²) in [6.07, 6.45) is 3.25. The van der Waals surface area contributed by atoms with E-state index >= 15 is 0 Å². The Labute approximate surface area is 93.5 Å². The van der Waals surface area contributed by atoms with Crippen LogP contribution < -0.4 is 5.32 Å². The number of carboxylic acid groups (broad SMARTS) is 1. The lowest BCUT2D eigenvalue weighted by Crippen LogP contribution is -2.35. The maximum atomic E-state index is 11.5. The first-order valence-electron chi connectivity index (χ1n) is 4.95. The maximum Gasteiger partial charge on any atom is 0.315 e. The number of carbonyl (C=O) groups is 2.